The van der Waals surface area contributed by atoms with Gasteiger partial charge in [0.2, 0.25) is 0 Å². The largest absolute Gasteiger partial charge is 0.352 e. The van der Waals surface area contributed by atoms with Gasteiger partial charge in [0.25, 0.3) is 0 Å². The maximum atomic E-state index is 8.07. The van der Waals surface area contributed by atoms with E-state index >= 15 is 0 Å². The quantitative estimate of drug-likeness (QED) is 0.371. The zero-order chi connectivity index (χ0) is 5.28. The van der Waals surface area contributed by atoms with E-state index in [9.17, 15) is 0 Å². The molecule has 0 radical (unpaired) electrons. The number of alkyl halides is 1. The van der Waals surface area contributed by atoms with Crippen molar-refractivity contribution in [3.8, 4) is 6.07 Å². The molecule has 0 N–H and O–H groups in total. The molecule has 2 atom stereocenters. The van der Waals surface area contributed by atoms with E-state index in [2.05, 4.69) is 0 Å². The first-order valence-corrected chi connectivity index (χ1v) is 2.53. The maximum Gasteiger partial charge on any atom is 0.171 e. The van der Waals surface area contributed by atoms with Crippen LogP contribution in [0.2, 0.25) is 0 Å². The van der Waals surface area contributed by atoms with Crippen molar-refractivity contribution in [2.24, 2.45) is 0 Å². The second-order valence-corrected chi connectivity index (χ2v) is 1.69. The van der Waals surface area contributed by atoms with Crippen LogP contribution in [0.1, 0.15) is 0 Å². The Morgan fingerprint density at radius 3 is 2.71 bits per heavy atom. The molecule has 0 aromatic heterocycles. The van der Waals surface area contributed by atoms with E-state index in [1.165, 1.54) is 0 Å². The van der Waals surface area contributed by atoms with Gasteiger partial charge in [-0.05, 0) is 0 Å². The summed E-state index contributed by atoms with van der Waals surface area (Å²) in [5, 5.41) is 8.07. The molecule has 0 unspecified atom stereocenters. The molecule has 0 bridgehead atoms. The Morgan fingerprint density at radius 2 is 2.57 bits per heavy atom. The van der Waals surface area contributed by atoms with E-state index in [1.807, 2.05) is 6.07 Å². The van der Waals surface area contributed by atoms with Gasteiger partial charge >= 0.3 is 0 Å². The van der Waals surface area contributed by atoms with Crippen molar-refractivity contribution in [2.45, 2.75) is 12.2 Å². The van der Waals surface area contributed by atoms with Crippen LogP contribution in [0.25, 0.3) is 0 Å². The van der Waals surface area contributed by atoms with E-state index < -0.39 is 0 Å². The third-order valence-corrected chi connectivity index (χ3v) is 1.17. The molecule has 0 aliphatic carbocycles. The van der Waals surface area contributed by atoms with Gasteiger partial charge in [0.15, 0.2) is 6.10 Å². The summed E-state index contributed by atoms with van der Waals surface area (Å²) >= 11 is 5.30. The predicted octanol–water partition coefficient (Wildman–Crippen LogP) is 0.516. The van der Waals surface area contributed by atoms with E-state index in [0.29, 0.717) is 5.88 Å². The summed E-state index contributed by atoms with van der Waals surface area (Å²) in [6.07, 6.45) is -0.191. The molecule has 2 nitrogen and oxygen atoms in total. The van der Waals surface area contributed by atoms with E-state index in [4.69, 9.17) is 21.6 Å². The summed E-state index contributed by atoms with van der Waals surface area (Å²) in [5.41, 5.74) is 0. The highest BCUT2D eigenvalue weighted by Crippen LogP contribution is 2.21. The monoisotopic (exact) mass is 117 g/mol. The summed E-state index contributed by atoms with van der Waals surface area (Å²) in [6, 6.07) is 1.93. The van der Waals surface area contributed by atoms with Crippen LogP contribution in [0.15, 0.2) is 0 Å². The van der Waals surface area contributed by atoms with E-state index in [-0.39, 0.29) is 12.2 Å². The SMILES string of the molecule is N#C[C@H]1O[C@@H]1CCl. The molecule has 1 saturated heterocycles. The smallest absolute Gasteiger partial charge is 0.171 e. The molecule has 0 spiro atoms. The molecule has 7 heavy (non-hydrogen) atoms. The van der Waals surface area contributed by atoms with Crippen molar-refractivity contribution in [1.29, 1.82) is 5.26 Å². The van der Waals surface area contributed by atoms with Crippen LogP contribution in [0.3, 0.4) is 0 Å². The fourth-order valence-corrected chi connectivity index (χ4v) is 0.608. The van der Waals surface area contributed by atoms with Crippen LogP contribution in [0, 0.1) is 11.3 Å². The molecule has 1 rings (SSSR count). The van der Waals surface area contributed by atoms with Crippen LogP contribution in [-0.2, 0) is 4.74 Å². The Balaban J connectivity index is 2.21. The number of rotatable bonds is 1. The fraction of sp³-hybridized carbons (Fsp3) is 0.750. The zero-order valence-electron chi connectivity index (χ0n) is 3.60. The Labute approximate surface area is 46.6 Å². The number of hydrogen-bond acceptors (Lipinski definition) is 2. The standard InChI is InChI=1S/C4H4ClNO/c5-1-3-4(2-6)7-3/h3-4H,1H2/t3-,4-/m1/s1. The molecule has 38 valence electrons. The van der Waals surface area contributed by atoms with Crippen molar-refractivity contribution in [3.05, 3.63) is 0 Å². The molecule has 1 fully saturated rings. The van der Waals surface area contributed by atoms with E-state index in [0.717, 1.165) is 0 Å². The number of nitriles is 1. The normalized spacial score (nSPS) is 37.1. The zero-order valence-corrected chi connectivity index (χ0v) is 4.35. The first-order valence-electron chi connectivity index (χ1n) is 1.99. The molecule has 1 heterocycles. The van der Waals surface area contributed by atoms with Crippen molar-refractivity contribution < 1.29 is 4.74 Å². The highest BCUT2D eigenvalue weighted by molar-refractivity contribution is 6.18. The maximum absolute atomic E-state index is 8.07. The Kier molecular flexibility index (Phi) is 1.18. The lowest BCUT2D eigenvalue weighted by molar-refractivity contribution is 0.404. The Bertz CT molecular complexity index is 109. The summed E-state index contributed by atoms with van der Waals surface area (Å²) < 4.78 is 4.72. The average Bonchev–Trinajstić information content (AvgIpc) is 2.43. The lowest BCUT2D eigenvalue weighted by Gasteiger charge is -1.68. The number of ether oxygens (including phenoxy) is 1. The van der Waals surface area contributed by atoms with Crippen molar-refractivity contribution in [1.82, 2.24) is 0 Å². The minimum absolute atomic E-state index is 0.0201. The Hall–Kier alpha value is -0.260. The van der Waals surface area contributed by atoms with Crippen molar-refractivity contribution >= 4 is 11.6 Å². The average molecular weight is 118 g/mol. The molecule has 0 aromatic rings. The van der Waals surface area contributed by atoms with Gasteiger partial charge in [-0.15, -0.1) is 11.6 Å². The van der Waals surface area contributed by atoms with Gasteiger partial charge in [0.1, 0.15) is 6.10 Å². The minimum Gasteiger partial charge on any atom is -0.352 e. The topological polar surface area (TPSA) is 36.3 Å². The van der Waals surface area contributed by atoms with Crippen molar-refractivity contribution in [3.63, 3.8) is 0 Å². The molecular weight excluding hydrogens is 114 g/mol. The first kappa shape index (κ1) is 4.89. The van der Waals surface area contributed by atoms with Gasteiger partial charge in [0.05, 0.1) is 11.9 Å². The Morgan fingerprint density at radius 1 is 1.86 bits per heavy atom. The van der Waals surface area contributed by atoms with Gasteiger partial charge in [-0.1, -0.05) is 0 Å². The summed E-state index contributed by atoms with van der Waals surface area (Å²) in [4.78, 5) is 0. The molecule has 0 aromatic carbocycles. The fourth-order valence-electron chi connectivity index (χ4n) is 0.374. The van der Waals surface area contributed by atoms with Crippen LogP contribution in [0.4, 0.5) is 0 Å². The molecule has 0 amide bonds. The lowest BCUT2D eigenvalue weighted by Crippen LogP contribution is -1.89. The second kappa shape index (κ2) is 1.69. The van der Waals surface area contributed by atoms with Crippen LogP contribution < -0.4 is 0 Å². The molecule has 3 heteroatoms. The number of nitrogens with zero attached hydrogens (tertiary/aromatic N) is 1. The van der Waals surface area contributed by atoms with Crippen molar-refractivity contribution in [2.75, 3.05) is 5.88 Å². The van der Waals surface area contributed by atoms with Gasteiger partial charge in [0, 0.05) is 0 Å². The van der Waals surface area contributed by atoms with Gasteiger partial charge in [-0.3, -0.25) is 0 Å². The molecule has 0 saturated carbocycles. The number of hydrogen-bond donors (Lipinski definition) is 0. The third-order valence-electron chi connectivity index (χ3n) is 0.862. The first-order chi connectivity index (χ1) is 3.38. The predicted molar refractivity (Wildman–Crippen MR) is 25.0 cm³/mol. The number of halogens is 1. The van der Waals surface area contributed by atoms with Gasteiger partial charge in [-0.25, -0.2) is 0 Å². The summed E-state index contributed by atoms with van der Waals surface area (Å²) in [7, 11) is 0. The van der Waals surface area contributed by atoms with Crippen LogP contribution in [-0.4, -0.2) is 18.1 Å². The number of epoxide rings is 1. The molecule has 1 aliphatic heterocycles. The third kappa shape index (κ3) is 0.846. The highest BCUT2D eigenvalue weighted by Gasteiger charge is 2.37. The highest BCUT2D eigenvalue weighted by atomic mass is 35.5. The summed E-state index contributed by atoms with van der Waals surface area (Å²) in [6.45, 7) is 0. The van der Waals surface area contributed by atoms with E-state index in [1.54, 1.807) is 0 Å². The molecule has 1 aliphatic rings. The van der Waals surface area contributed by atoms with Gasteiger partial charge in [-0.2, -0.15) is 5.26 Å². The second-order valence-electron chi connectivity index (χ2n) is 1.38. The van der Waals surface area contributed by atoms with Crippen LogP contribution >= 0.6 is 11.6 Å². The lowest BCUT2D eigenvalue weighted by atomic mass is 10.4. The van der Waals surface area contributed by atoms with Gasteiger partial charge < -0.3 is 4.74 Å². The van der Waals surface area contributed by atoms with Crippen LogP contribution in [0.5, 0.6) is 0 Å². The minimum atomic E-state index is -0.211. The summed E-state index contributed by atoms with van der Waals surface area (Å²) in [5.74, 6) is 0.443. The molecular formula is C4H4ClNO.